The number of aromatic hydroxyl groups is 1. The zero-order valence-electron chi connectivity index (χ0n) is 28.4. The van der Waals surface area contributed by atoms with Crippen LogP contribution in [0.5, 0.6) is 17.5 Å². The molecule has 0 radical (unpaired) electrons. The van der Waals surface area contributed by atoms with E-state index in [0.29, 0.717) is 17.9 Å². The average Bonchev–Trinajstić information content (AvgIpc) is 3.04. The van der Waals surface area contributed by atoms with Crippen molar-refractivity contribution in [3.63, 3.8) is 0 Å². The number of likely N-dealkylation sites (tertiary alicyclic amines) is 1. The lowest BCUT2D eigenvalue weighted by Crippen LogP contribution is -3.13. The van der Waals surface area contributed by atoms with Crippen LogP contribution in [0.1, 0.15) is 131 Å². The van der Waals surface area contributed by atoms with E-state index in [-0.39, 0.29) is 44.0 Å². The van der Waals surface area contributed by atoms with Crippen LogP contribution in [0.15, 0.2) is 27.8 Å². The molecule has 6 rings (SSSR count). The van der Waals surface area contributed by atoms with Gasteiger partial charge in [-0.2, -0.15) is 0 Å². The van der Waals surface area contributed by atoms with E-state index in [9.17, 15) is 19.8 Å². The van der Waals surface area contributed by atoms with Crippen molar-refractivity contribution in [2.45, 2.75) is 115 Å². The van der Waals surface area contributed by atoms with E-state index in [2.05, 4.69) is 23.8 Å². The highest BCUT2D eigenvalue weighted by Gasteiger charge is 2.34. The summed E-state index contributed by atoms with van der Waals surface area (Å²) in [6.07, 6.45) is 11.5. The normalized spacial score (nSPS) is 21.2. The van der Waals surface area contributed by atoms with Gasteiger partial charge in [0, 0.05) is 28.6 Å². The Hall–Kier alpha value is -3.22. The summed E-state index contributed by atoms with van der Waals surface area (Å²) < 4.78 is 9.19. The molecule has 2 atom stereocenters. The van der Waals surface area contributed by atoms with E-state index >= 15 is 0 Å². The summed E-state index contributed by atoms with van der Waals surface area (Å²) in [5, 5.41) is 26.6. The predicted octanol–water partition coefficient (Wildman–Crippen LogP) is 5.31. The van der Waals surface area contributed by atoms with Gasteiger partial charge in [0.1, 0.15) is 12.3 Å². The molecule has 2 saturated carbocycles. The number of hydrogen-bond donors (Lipinski definition) is 4. The topological polar surface area (TPSA) is 133 Å². The van der Waals surface area contributed by atoms with E-state index < -0.39 is 22.9 Å². The second kappa shape index (κ2) is 14.3. The van der Waals surface area contributed by atoms with Crippen LogP contribution in [0.25, 0.3) is 0 Å². The quantitative estimate of drug-likeness (QED) is 0.235. The summed E-state index contributed by atoms with van der Waals surface area (Å²) in [6, 6.07) is 5.31. The van der Waals surface area contributed by atoms with E-state index in [1.54, 1.807) is 17.7 Å². The van der Waals surface area contributed by atoms with Crippen LogP contribution in [0.4, 0.5) is 0 Å². The summed E-state index contributed by atoms with van der Waals surface area (Å²) in [6.45, 7) is 7.28. The number of aromatic amines is 2. The van der Waals surface area contributed by atoms with Crippen LogP contribution >= 0.6 is 24.4 Å². The summed E-state index contributed by atoms with van der Waals surface area (Å²) in [4.78, 5) is 35.0. The van der Waals surface area contributed by atoms with E-state index in [0.717, 1.165) is 89.3 Å². The van der Waals surface area contributed by atoms with Gasteiger partial charge in [0.25, 0.3) is 11.1 Å². The molecule has 2 aliphatic carbocycles. The molecule has 260 valence electrons. The van der Waals surface area contributed by atoms with Gasteiger partial charge in [-0.15, -0.1) is 0 Å². The summed E-state index contributed by atoms with van der Waals surface area (Å²) in [5.41, 5.74) is 0.185. The number of benzene rings is 1. The van der Waals surface area contributed by atoms with Crippen molar-refractivity contribution in [3.8, 4) is 17.5 Å². The Bertz CT molecular complexity index is 1790. The maximum atomic E-state index is 14.6. The van der Waals surface area contributed by atoms with Crippen molar-refractivity contribution in [2.75, 3.05) is 20.2 Å². The highest BCUT2D eigenvalue weighted by Crippen LogP contribution is 2.41. The minimum atomic E-state index is -1.18. The molecule has 10 nitrogen and oxygen atoms in total. The number of nitrogens with zero attached hydrogens (tertiary/aromatic N) is 2. The molecule has 0 bridgehead atoms. The summed E-state index contributed by atoms with van der Waals surface area (Å²) in [7, 11) is 1.63. The van der Waals surface area contributed by atoms with Gasteiger partial charge in [-0.05, 0) is 86.5 Å². The van der Waals surface area contributed by atoms with Gasteiger partial charge in [-0.3, -0.25) is 24.1 Å². The van der Waals surface area contributed by atoms with Gasteiger partial charge in [0.05, 0.1) is 31.7 Å². The fraction of sp³-hybridized carbons (Fsp3) is 0.611. The van der Waals surface area contributed by atoms with Crippen molar-refractivity contribution < 1.29 is 19.8 Å². The Morgan fingerprint density at radius 3 is 2.12 bits per heavy atom. The summed E-state index contributed by atoms with van der Waals surface area (Å²) >= 11 is 11.2. The molecule has 1 aliphatic heterocycles. The lowest BCUT2D eigenvalue weighted by molar-refractivity contribution is -0.925. The standard InChI is InChI=1S/C36H49N5O5S2/c1-36(2)17-10-18-39(21-36)20-23-19-22(15-16-26(23)46-3)27(28-30(42)37-34(47)40(32(28)44)24-11-6-4-7-12-24)29-31(43)38-35(48)41(33(29)45)25-13-8-5-9-14-25/h15-16,19,24-25,27,44-45H,4-14,17-18,20-21H2,1-3H3,(H,37,42,47)(H,38,43,48). The maximum absolute atomic E-state index is 14.6. The van der Waals surface area contributed by atoms with Crippen LogP contribution in [0, 0.1) is 15.0 Å². The van der Waals surface area contributed by atoms with Crippen molar-refractivity contribution in [2.24, 2.45) is 5.41 Å². The molecule has 3 aromatic rings. The van der Waals surface area contributed by atoms with Crippen molar-refractivity contribution in [1.82, 2.24) is 19.1 Å². The Kier molecular flexibility index (Phi) is 10.3. The first-order valence-corrected chi connectivity index (χ1v) is 18.4. The van der Waals surface area contributed by atoms with E-state index in [1.165, 1.54) is 15.9 Å². The van der Waals surface area contributed by atoms with Gasteiger partial charge in [-0.1, -0.05) is 58.4 Å². The molecule has 4 N–H and O–H groups in total. The Balaban J connectivity index is 1.58. The van der Waals surface area contributed by atoms with E-state index in [1.807, 2.05) is 12.1 Å². The molecule has 3 heterocycles. The fourth-order valence-corrected chi connectivity index (χ4v) is 9.30. The second-order valence-corrected chi connectivity index (χ2v) is 15.7. The molecule has 2 unspecified atom stereocenters. The van der Waals surface area contributed by atoms with Crippen LogP contribution < -0.4 is 25.9 Å². The molecular weight excluding hydrogens is 647 g/mol. The minimum Gasteiger partial charge on any atom is -0.860 e. The molecule has 48 heavy (non-hydrogen) atoms. The SMILES string of the molecule is COc1ccc(C(c2c([O-])n(C3CCCCC3)c(=S)[nH]c2=O)c2c(O)n(C3CCCCC3)c(=S)[nH]c2=O)cc1C[NH+]1CCCC(C)(C)C1. The lowest BCUT2D eigenvalue weighted by Gasteiger charge is -2.35. The zero-order chi connectivity index (χ0) is 34.2. The largest absolute Gasteiger partial charge is 0.860 e. The highest BCUT2D eigenvalue weighted by molar-refractivity contribution is 7.71. The number of methoxy groups -OCH3 is 1. The average molecular weight is 696 g/mol. The first-order valence-electron chi connectivity index (χ1n) is 17.6. The van der Waals surface area contributed by atoms with Crippen LogP contribution in [-0.4, -0.2) is 44.4 Å². The third kappa shape index (κ3) is 6.93. The lowest BCUT2D eigenvalue weighted by atomic mass is 9.83. The number of aromatic nitrogens is 4. The zero-order valence-corrected chi connectivity index (χ0v) is 30.0. The predicted molar refractivity (Wildman–Crippen MR) is 188 cm³/mol. The minimum absolute atomic E-state index is 0.0633. The third-order valence-corrected chi connectivity index (χ3v) is 11.5. The Morgan fingerprint density at radius 1 is 0.938 bits per heavy atom. The van der Waals surface area contributed by atoms with E-state index in [4.69, 9.17) is 29.2 Å². The number of piperidine rings is 1. The van der Waals surface area contributed by atoms with Gasteiger partial charge in [0.2, 0.25) is 5.88 Å². The number of nitrogens with one attached hydrogen (secondary N) is 3. The third-order valence-electron chi connectivity index (χ3n) is 10.9. The molecule has 2 aromatic heterocycles. The first kappa shape index (κ1) is 34.6. The number of H-pyrrole nitrogens is 2. The van der Waals surface area contributed by atoms with Crippen LogP contribution in [0.2, 0.25) is 0 Å². The van der Waals surface area contributed by atoms with Gasteiger partial charge in [0.15, 0.2) is 9.54 Å². The van der Waals surface area contributed by atoms with Crippen molar-refractivity contribution in [1.29, 1.82) is 0 Å². The smallest absolute Gasteiger partial charge is 0.259 e. The van der Waals surface area contributed by atoms with Crippen molar-refractivity contribution in [3.05, 3.63) is 70.7 Å². The molecule has 0 spiro atoms. The number of rotatable bonds is 8. The fourth-order valence-electron chi connectivity index (χ4n) is 8.64. The molecular formula is C36H49N5O5S2. The van der Waals surface area contributed by atoms with Crippen molar-refractivity contribution >= 4 is 24.4 Å². The number of quaternary nitrogens is 1. The molecule has 0 amide bonds. The molecule has 12 heteroatoms. The molecule has 3 aliphatic rings. The molecule has 1 saturated heterocycles. The van der Waals surface area contributed by atoms with Crippen LogP contribution in [-0.2, 0) is 6.54 Å². The van der Waals surface area contributed by atoms with Crippen LogP contribution in [0.3, 0.4) is 0 Å². The van der Waals surface area contributed by atoms with Gasteiger partial charge in [-0.25, -0.2) is 0 Å². The number of ether oxygens (including phenoxy) is 1. The van der Waals surface area contributed by atoms with Gasteiger partial charge < -0.3 is 24.4 Å². The molecule has 3 fully saturated rings. The number of hydrogen-bond acceptors (Lipinski definition) is 7. The Labute approximate surface area is 291 Å². The molecule has 1 aromatic carbocycles. The first-order chi connectivity index (χ1) is 23.0. The monoisotopic (exact) mass is 695 g/mol. The van der Waals surface area contributed by atoms with Gasteiger partial charge >= 0.3 is 0 Å². The second-order valence-electron chi connectivity index (χ2n) is 14.9. The summed E-state index contributed by atoms with van der Waals surface area (Å²) in [5.74, 6) is -1.31. The highest BCUT2D eigenvalue weighted by atomic mass is 32.1. The Morgan fingerprint density at radius 2 is 1.52 bits per heavy atom. The maximum Gasteiger partial charge on any atom is 0.259 e.